The summed E-state index contributed by atoms with van der Waals surface area (Å²) in [5.74, 6) is 1.88. The summed E-state index contributed by atoms with van der Waals surface area (Å²) in [6, 6.07) is 20.0. The first-order valence-corrected chi connectivity index (χ1v) is 9.77. The van der Waals surface area contributed by atoms with E-state index < -0.39 is 0 Å². The molecule has 0 atom stereocenters. The summed E-state index contributed by atoms with van der Waals surface area (Å²) in [7, 11) is 0. The molecule has 29 heavy (non-hydrogen) atoms. The lowest BCUT2D eigenvalue weighted by Crippen LogP contribution is -2.36. The summed E-state index contributed by atoms with van der Waals surface area (Å²) in [4.78, 5) is 11.9. The smallest absolute Gasteiger partial charge is 0.159 e. The zero-order valence-corrected chi connectivity index (χ0v) is 17.3. The number of nitrogens with zero attached hydrogens (tertiary/aromatic N) is 3. The predicted octanol–water partition coefficient (Wildman–Crippen LogP) is 5.30. The fourth-order valence-corrected chi connectivity index (χ4v) is 3.72. The van der Waals surface area contributed by atoms with Gasteiger partial charge in [0.1, 0.15) is 18.3 Å². The van der Waals surface area contributed by atoms with Crippen LogP contribution in [0.4, 0.5) is 5.69 Å². The van der Waals surface area contributed by atoms with Crippen LogP contribution in [0.3, 0.4) is 0 Å². The van der Waals surface area contributed by atoms with Gasteiger partial charge in [0.15, 0.2) is 5.84 Å². The molecule has 0 aliphatic carbocycles. The molecule has 1 aliphatic heterocycles. The van der Waals surface area contributed by atoms with Gasteiger partial charge in [0.25, 0.3) is 0 Å². The highest BCUT2D eigenvalue weighted by molar-refractivity contribution is 6.19. The third kappa shape index (κ3) is 3.79. The average molecular weight is 383 g/mol. The molecule has 1 aliphatic rings. The molecule has 0 unspecified atom stereocenters. The number of benzene rings is 3. The van der Waals surface area contributed by atoms with Gasteiger partial charge < -0.3 is 10.0 Å². The lowest BCUT2D eigenvalue weighted by atomic mass is 10.0. The Balaban J connectivity index is 1.84. The first-order chi connectivity index (χ1) is 13.9. The van der Waals surface area contributed by atoms with Gasteiger partial charge in [0, 0.05) is 16.8 Å². The number of rotatable bonds is 3. The fraction of sp³-hybridized carbons (Fsp3) is 0.200. The van der Waals surface area contributed by atoms with E-state index >= 15 is 0 Å². The van der Waals surface area contributed by atoms with Gasteiger partial charge in [-0.05, 0) is 63.1 Å². The Bertz CT molecular complexity index is 1130. The quantitative estimate of drug-likeness (QED) is 0.667. The Kier molecular flexibility index (Phi) is 4.93. The molecule has 0 saturated heterocycles. The van der Waals surface area contributed by atoms with Gasteiger partial charge in [-0.15, -0.1) is 0 Å². The number of hydrogen-bond donors (Lipinski definition) is 1. The second-order valence-corrected chi connectivity index (χ2v) is 7.64. The van der Waals surface area contributed by atoms with E-state index in [1.165, 1.54) is 22.3 Å². The molecule has 0 radical (unpaired) electrons. The molecule has 0 bridgehead atoms. The molecule has 0 spiro atoms. The van der Waals surface area contributed by atoms with Crippen LogP contribution < -0.4 is 4.90 Å². The zero-order valence-electron chi connectivity index (χ0n) is 17.3. The number of phenols is 1. The van der Waals surface area contributed by atoms with Gasteiger partial charge >= 0.3 is 0 Å². The molecule has 0 saturated carbocycles. The van der Waals surface area contributed by atoms with E-state index in [1.807, 2.05) is 12.1 Å². The molecule has 1 N–H and O–H groups in total. The van der Waals surface area contributed by atoms with Crippen molar-refractivity contribution in [1.29, 1.82) is 0 Å². The lowest BCUT2D eigenvalue weighted by molar-refractivity contribution is 0.475. The number of aryl methyl sites for hydroxylation is 4. The van der Waals surface area contributed by atoms with Gasteiger partial charge in [0.2, 0.25) is 0 Å². The monoisotopic (exact) mass is 383 g/mol. The normalized spacial score (nSPS) is 13.9. The first-order valence-electron chi connectivity index (χ1n) is 9.77. The molecule has 146 valence electrons. The van der Waals surface area contributed by atoms with Crippen LogP contribution in [0.1, 0.15) is 33.4 Å². The van der Waals surface area contributed by atoms with Crippen molar-refractivity contribution in [3.8, 4) is 5.75 Å². The number of aliphatic imine (C=N–C) groups is 2. The molecule has 0 amide bonds. The predicted molar refractivity (Wildman–Crippen MR) is 120 cm³/mol. The van der Waals surface area contributed by atoms with Crippen LogP contribution in [-0.2, 0) is 0 Å². The Hall–Kier alpha value is -3.40. The fourth-order valence-electron chi connectivity index (χ4n) is 3.72. The van der Waals surface area contributed by atoms with Crippen molar-refractivity contribution in [2.75, 3.05) is 11.6 Å². The van der Waals surface area contributed by atoms with Gasteiger partial charge in [-0.1, -0.05) is 47.5 Å². The molecular formula is C25H25N3O. The summed E-state index contributed by atoms with van der Waals surface area (Å²) in [5, 5.41) is 9.68. The van der Waals surface area contributed by atoms with Crippen LogP contribution in [0, 0.1) is 27.7 Å². The number of amidine groups is 2. The number of anilines is 1. The summed E-state index contributed by atoms with van der Waals surface area (Å²) in [5.41, 5.74) is 7.89. The minimum atomic E-state index is 0.246. The zero-order chi connectivity index (χ0) is 20.5. The minimum Gasteiger partial charge on any atom is -0.508 e. The number of hydrogen-bond acceptors (Lipinski definition) is 4. The SMILES string of the molecule is Cc1ccc(C2=NCN(c3ccc(O)cc3)C(c3ccc(C)cc3C)=N2)c(C)c1. The maximum absolute atomic E-state index is 9.68. The first kappa shape index (κ1) is 18.9. The Morgan fingerprint density at radius 1 is 0.759 bits per heavy atom. The van der Waals surface area contributed by atoms with Crippen LogP contribution in [-0.4, -0.2) is 23.4 Å². The van der Waals surface area contributed by atoms with Crippen molar-refractivity contribution in [3.63, 3.8) is 0 Å². The highest BCUT2D eigenvalue weighted by atomic mass is 16.3. The van der Waals surface area contributed by atoms with E-state index in [1.54, 1.807) is 12.1 Å². The van der Waals surface area contributed by atoms with Gasteiger partial charge in [-0.2, -0.15) is 0 Å². The van der Waals surface area contributed by atoms with E-state index in [9.17, 15) is 5.11 Å². The van der Waals surface area contributed by atoms with Crippen LogP contribution >= 0.6 is 0 Å². The van der Waals surface area contributed by atoms with Crippen LogP contribution in [0.2, 0.25) is 0 Å². The second kappa shape index (κ2) is 7.55. The van der Waals surface area contributed by atoms with Crippen LogP contribution in [0.5, 0.6) is 5.75 Å². The maximum Gasteiger partial charge on any atom is 0.159 e. The summed E-state index contributed by atoms with van der Waals surface area (Å²) in [6.45, 7) is 8.88. The van der Waals surface area contributed by atoms with Crippen molar-refractivity contribution < 1.29 is 5.11 Å². The summed E-state index contributed by atoms with van der Waals surface area (Å²) >= 11 is 0. The Morgan fingerprint density at radius 2 is 1.34 bits per heavy atom. The third-order valence-corrected chi connectivity index (χ3v) is 5.24. The van der Waals surface area contributed by atoms with E-state index in [-0.39, 0.29) is 5.75 Å². The van der Waals surface area contributed by atoms with Gasteiger partial charge in [0.05, 0.1) is 0 Å². The van der Waals surface area contributed by atoms with Crippen LogP contribution in [0.25, 0.3) is 0 Å². The largest absolute Gasteiger partial charge is 0.508 e. The second-order valence-electron chi connectivity index (χ2n) is 7.64. The molecule has 0 fully saturated rings. The maximum atomic E-state index is 9.68. The molecule has 3 aromatic rings. The van der Waals surface area contributed by atoms with Crippen molar-refractivity contribution in [2.45, 2.75) is 27.7 Å². The van der Waals surface area contributed by atoms with E-state index in [4.69, 9.17) is 9.98 Å². The lowest BCUT2D eigenvalue weighted by Gasteiger charge is -2.29. The highest BCUT2D eigenvalue weighted by Crippen LogP contribution is 2.26. The summed E-state index contributed by atoms with van der Waals surface area (Å²) in [6.07, 6.45) is 0. The average Bonchev–Trinajstić information content (AvgIpc) is 2.68. The van der Waals surface area contributed by atoms with E-state index in [0.717, 1.165) is 28.5 Å². The summed E-state index contributed by atoms with van der Waals surface area (Å²) < 4.78 is 0. The standard InChI is InChI=1S/C25H25N3O/c1-16-5-11-22(18(3)13-16)24-26-15-28(20-7-9-21(29)10-8-20)25(27-24)23-12-6-17(2)14-19(23)4/h5-14,29H,15H2,1-4H3. The van der Waals surface area contributed by atoms with Crippen molar-refractivity contribution >= 4 is 17.4 Å². The Morgan fingerprint density at radius 3 is 1.93 bits per heavy atom. The molecule has 0 aromatic heterocycles. The molecule has 3 aromatic carbocycles. The van der Waals surface area contributed by atoms with Crippen molar-refractivity contribution in [2.24, 2.45) is 9.98 Å². The van der Waals surface area contributed by atoms with Crippen molar-refractivity contribution in [3.05, 3.63) is 94.0 Å². The Labute approximate surface area is 171 Å². The van der Waals surface area contributed by atoms with E-state index in [2.05, 4.69) is 69.0 Å². The number of phenolic OH excluding ortho intramolecular Hbond substituents is 1. The van der Waals surface area contributed by atoms with Gasteiger partial charge in [-0.25, -0.2) is 9.98 Å². The van der Waals surface area contributed by atoms with Crippen molar-refractivity contribution in [1.82, 2.24) is 0 Å². The minimum absolute atomic E-state index is 0.246. The molecular weight excluding hydrogens is 358 g/mol. The molecule has 1 heterocycles. The molecule has 4 rings (SSSR count). The third-order valence-electron chi connectivity index (χ3n) is 5.24. The molecule has 4 nitrogen and oxygen atoms in total. The van der Waals surface area contributed by atoms with Crippen LogP contribution in [0.15, 0.2) is 70.6 Å². The van der Waals surface area contributed by atoms with E-state index in [0.29, 0.717) is 6.67 Å². The molecule has 4 heteroatoms. The van der Waals surface area contributed by atoms with Gasteiger partial charge in [-0.3, -0.25) is 0 Å². The topological polar surface area (TPSA) is 48.2 Å². The highest BCUT2D eigenvalue weighted by Gasteiger charge is 2.23. The number of aromatic hydroxyl groups is 1.